The molecule has 0 unspecified atom stereocenters. The van der Waals surface area contributed by atoms with Gasteiger partial charge in [-0.05, 0) is 29.4 Å². The van der Waals surface area contributed by atoms with Gasteiger partial charge in [0, 0.05) is 0 Å². The van der Waals surface area contributed by atoms with Crippen LogP contribution in [0.3, 0.4) is 0 Å². The minimum absolute atomic E-state index is 0. The third kappa shape index (κ3) is 8.86. The first kappa shape index (κ1) is 46.2. The Balaban J connectivity index is 0.00000261. The van der Waals surface area contributed by atoms with Crippen LogP contribution in [0.25, 0.3) is 43.8 Å². The van der Waals surface area contributed by atoms with E-state index < -0.39 is 32.3 Å². The third-order valence-electron chi connectivity index (χ3n) is 11.8. The van der Waals surface area contributed by atoms with Crippen LogP contribution in [0.2, 0.25) is 78.6 Å². The monoisotopic (exact) mass is 948 g/mol. The van der Waals surface area contributed by atoms with Gasteiger partial charge in [-0.15, -0.1) is 69.1 Å². The van der Waals surface area contributed by atoms with E-state index >= 15 is 0 Å². The summed E-state index contributed by atoms with van der Waals surface area (Å²) in [6, 6.07) is 39.3. The maximum atomic E-state index is 2.56. The standard InChI is InChI=1S/C47H62Si4.2CH3.Hf/c1-15-47(16-2,37-23-33-19-17-21-43(45(33)29-37)35-25-39(48(3,4)5)31-40(26-35)49(6,7)8)38-24-34-20-18-22-44(46(34)30-38)36-27-41(50(9,10)11)32-42(28-36)51(12,13)14;;;/h17-32H,15-16H2,1-14H3;2*1H3;/q-2;2*-1;+4. The van der Waals surface area contributed by atoms with Gasteiger partial charge in [0.05, 0.1) is 32.3 Å². The molecule has 0 aliphatic rings. The van der Waals surface area contributed by atoms with Crippen LogP contribution in [0, 0.1) is 14.9 Å². The molecule has 0 amide bonds. The Kier molecular flexibility index (Phi) is 14.0. The molecule has 0 N–H and O–H groups in total. The molecule has 0 heterocycles. The van der Waals surface area contributed by atoms with E-state index in [1.54, 1.807) is 20.7 Å². The van der Waals surface area contributed by atoms with Gasteiger partial charge in [-0.3, -0.25) is 0 Å². The molecule has 0 aliphatic heterocycles. The predicted octanol–water partition coefficient (Wildman–Crippen LogP) is 12.9. The Morgan fingerprint density at radius 3 is 1.00 bits per heavy atom. The number of hydrogen-bond donors (Lipinski definition) is 0. The summed E-state index contributed by atoms with van der Waals surface area (Å²) < 4.78 is 0. The molecule has 0 nitrogen and oxygen atoms in total. The Labute approximate surface area is 353 Å². The van der Waals surface area contributed by atoms with E-state index in [0.29, 0.717) is 0 Å². The number of benzene rings is 4. The van der Waals surface area contributed by atoms with Gasteiger partial charge in [0.25, 0.3) is 0 Å². The van der Waals surface area contributed by atoms with E-state index in [4.69, 9.17) is 0 Å². The molecular weight excluding hydrogens is 879 g/mol. The topological polar surface area (TPSA) is 0 Å². The van der Waals surface area contributed by atoms with Crippen molar-refractivity contribution >= 4 is 74.6 Å². The third-order valence-corrected chi connectivity index (χ3v) is 19.8. The summed E-state index contributed by atoms with van der Waals surface area (Å²) in [5.74, 6) is 0. The van der Waals surface area contributed by atoms with Gasteiger partial charge in [0.2, 0.25) is 0 Å². The largest absolute Gasteiger partial charge is 4.00 e. The van der Waals surface area contributed by atoms with E-state index in [2.05, 4.69) is 189 Å². The SMILES string of the molecule is CCC(CC)(c1cc2c(-c3cc([Si](C)(C)C)cc([Si](C)(C)C)c3)cccc2[cH-]1)c1cc2c(-c3cc([Si](C)(C)C)cc([Si](C)(C)C)c3)cccc2[cH-]1.[CH3-].[CH3-].[Hf+4]. The Morgan fingerprint density at radius 1 is 0.444 bits per heavy atom. The van der Waals surface area contributed by atoms with Gasteiger partial charge in [-0.25, -0.2) is 0 Å². The minimum atomic E-state index is -1.50. The van der Waals surface area contributed by atoms with Crippen molar-refractivity contribution in [1.29, 1.82) is 0 Å². The normalized spacial score (nSPS) is 12.7. The minimum Gasteiger partial charge on any atom is -0.358 e. The summed E-state index contributed by atoms with van der Waals surface area (Å²) in [6.07, 6.45) is 2.13. The molecular formula is C49H68HfSi4. The van der Waals surface area contributed by atoms with Crippen LogP contribution in [0.15, 0.2) is 97.1 Å². The van der Waals surface area contributed by atoms with Gasteiger partial charge in [0.15, 0.2) is 0 Å². The summed E-state index contributed by atoms with van der Waals surface area (Å²) in [4.78, 5) is 0. The molecule has 54 heavy (non-hydrogen) atoms. The molecule has 0 saturated heterocycles. The summed E-state index contributed by atoms with van der Waals surface area (Å²) in [5, 5.41) is 11.8. The zero-order valence-corrected chi connectivity index (χ0v) is 44.2. The molecule has 6 rings (SSSR count). The maximum absolute atomic E-state index is 2.56. The molecule has 0 atom stereocenters. The van der Waals surface area contributed by atoms with E-state index in [9.17, 15) is 0 Å². The van der Waals surface area contributed by atoms with Crippen molar-refractivity contribution in [3.63, 3.8) is 0 Å². The Bertz CT molecular complexity index is 2000. The second-order valence-electron chi connectivity index (χ2n) is 19.5. The quantitative estimate of drug-likeness (QED) is 0.0948. The molecule has 0 aliphatic carbocycles. The average molecular weight is 948 g/mol. The van der Waals surface area contributed by atoms with Crippen LogP contribution in [0.4, 0.5) is 0 Å². The van der Waals surface area contributed by atoms with Crippen molar-refractivity contribution in [2.45, 2.75) is 111 Å². The van der Waals surface area contributed by atoms with Crippen molar-refractivity contribution in [3.8, 4) is 22.3 Å². The molecule has 0 spiro atoms. The number of hydrogen-bond acceptors (Lipinski definition) is 0. The first-order valence-electron chi connectivity index (χ1n) is 19.4. The van der Waals surface area contributed by atoms with Crippen LogP contribution < -0.4 is 20.7 Å². The molecule has 6 aromatic carbocycles. The fourth-order valence-corrected chi connectivity index (χ4v) is 13.1. The van der Waals surface area contributed by atoms with Gasteiger partial charge in [-0.2, -0.15) is 12.1 Å². The van der Waals surface area contributed by atoms with Gasteiger partial charge in [-0.1, -0.05) is 173 Å². The zero-order valence-electron chi connectivity index (χ0n) is 36.7. The molecule has 0 fully saturated rings. The first-order valence-corrected chi connectivity index (χ1v) is 33.4. The van der Waals surface area contributed by atoms with Crippen molar-refractivity contribution in [2.75, 3.05) is 0 Å². The molecule has 6 aromatic rings. The molecule has 0 saturated carbocycles. The van der Waals surface area contributed by atoms with E-state index in [0.717, 1.165) is 12.8 Å². The van der Waals surface area contributed by atoms with E-state index in [-0.39, 0.29) is 46.1 Å². The first-order chi connectivity index (χ1) is 23.7. The summed E-state index contributed by atoms with van der Waals surface area (Å²) in [5.41, 5.74) is 8.43. The Hall–Kier alpha value is -2.16. The molecule has 0 aromatic heterocycles. The van der Waals surface area contributed by atoms with Crippen molar-refractivity contribution in [1.82, 2.24) is 0 Å². The van der Waals surface area contributed by atoms with Crippen LogP contribution in [-0.4, -0.2) is 32.3 Å². The van der Waals surface area contributed by atoms with Crippen molar-refractivity contribution < 1.29 is 25.8 Å². The van der Waals surface area contributed by atoms with Crippen LogP contribution in [0.1, 0.15) is 37.8 Å². The fraction of sp³-hybridized carbons (Fsp3) is 0.347. The predicted molar refractivity (Wildman–Crippen MR) is 256 cm³/mol. The smallest absolute Gasteiger partial charge is 0.358 e. The maximum Gasteiger partial charge on any atom is 4.00 e. The summed E-state index contributed by atoms with van der Waals surface area (Å²) in [6.45, 7) is 34.7. The molecule has 284 valence electrons. The van der Waals surface area contributed by atoms with E-state index in [1.807, 2.05) is 0 Å². The second-order valence-corrected chi connectivity index (χ2v) is 39.8. The molecule has 0 bridgehead atoms. The van der Waals surface area contributed by atoms with Crippen molar-refractivity contribution in [3.05, 3.63) is 123 Å². The average Bonchev–Trinajstić information content (AvgIpc) is 3.69. The Morgan fingerprint density at radius 2 is 0.741 bits per heavy atom. The van der Waals surface area contributed by atoms with Gasteiger partial charge >= 0.3 is 25.8 Å². The van der Waals surface area contributed by atoms with E-state index in [1.165, 1.54) is 54.9 Å². The second kappa shape index (κ2) is 16.4. The van der Waals surface area contributed by atoms with Gasteiger partial charge < -0.3 is 14.9 Å². The number of fused-ring (bicyclic) bond motifs is 2. The fourth-order valence-electron chi connectivity index (χ4n) is 8.06. The van der Waals surface area contributed by atoms with Crippen LogP contribution in [0.5, 0.6) is 0 Å². The summed E-state index contributed by atoms with van der Waals surface area (Å²) >= 11 is 0. The summed E-state index contributed by atoms with van der Waals surface area (Å²) in [7, 11) is -6.00. The molecule has 5 heteroatoms. The van der Waals surface area contributed by atoms with Gasteiger partial charge in [0.1, 0.15) is 0 Å². The zero-order chi connectivity index (χ0) is 37.3. The van der Waals surface area contributed by atoms with Crippen LogP contribution in [-0.2, 0) is 31.3 Å². The number of rotatable bonds is 10. The van der Waals surface area contributed by atoms with Crippen LogP contribution >= 0.6 is 0 Å². The molecule has 0 radical (unpaired) electrons. The van der Waals surface area contributed by atoms with Crippen molar-refractivity contribution in [2.24, 2.45) is 0 Å².